The van der Waals surface area contributed by atoms with E-state index < -0.39 is 42.5 Å². The number of nitrogens with zero attached hydrogens (tertiary/aromatic N) is 1. The van der Waals surface area contributed by atoms with Crippen LogP contribution in [-0.4, -0.2) is 57.1 Å². The van der Waals surface area contributed by atoms with E-state index in [1.165, 1.54) is 5.57 Å². The van der Waals surface area contributed by atoms with Crippen LogP contribution in [0.5, 0.6) is 0 Å². The third-order valence-corrected chi connectivity index (χ3v) is 9.76. The number of terminal acetylenes is 1. The second kappa shape index (κ2) is 9.55. The normalized spacial score (nSPS) is 39.0. The molecule has 0 radical (unpaired) electrons. The Hall–Kier alpha value is -2.86. The lowest BCUT2D eigenvalue weighted by molar-refractivity contribution is -0.147. The van der Waals surface area contributed by atoms with Gasteiger partial charge in [-0.2, -0.15) is 0 Å². The maximum atomic E-state index is 12.0. The number of aliphatic hydroxyl groups is 1. The molecule has 0 aromatic carbocycles. The van der Waals surface area contributed by atoms with Gasteiger partial charge in [0, 0.05) is 5.41 Å². The van der Waals surface area contributed by atoms with E-state index in [9.17, 15) is 19.5 Å². The molecule has 0 aromatic rings. The quantitative estimate of drug-likeness (QED) is 0.311. The van der Waals surface area contributed by atoms with Crippen molar-refractivity contribution in [3.8, 4) is 12.3 Å². The van der Waals surface area contributed by atoms with Crippen molar-refractivity contribution < 1.29 is 34.5 Å². The fourth-order valence-corrected chi connectivity index (χ4v) is 7.68. The highest BCUT2D eigenvalue weighted by molar-refractivity contribution is 5.96. The van der Waals surface area contributed by atoms with Crippen molar-refractivity contribution in [1.29, 1.82) is 0 Å². The highest BCUT2D eigenvalue weighted by Gasteiger charge is 2.63. The summed E-state index contributed by atoms with van der Waals surface area (Å²) in [7, 11) is 0. The van der Waals surface area contributed by atoms with Gasteiger partial charge >= 0.3 is 11.9 Å². The first kappa shape index (κ1) is 26.2. The molecular formula is C27H36N2O7. The predicted octanol–water partition coefficient (Wildman–Crippen LogP) is 2.73. The second-order valence-corrected chi connectivity index (χ2v) is 11.4. The number of rotatable bonds is 7. The van der Waals surface area contributed by atoms with Gasteiger partial charge in [0.1, 0.15) is 11.6 Å². The van der Waals surface area contributed by atoms with Gasteiger partial charge in [0.2, 0.25) is 0 Å². The van der Waals surface area contributed by atoms with Crippen molar-refractivity contribution in [2.45, 2.75) is 83.3 Å². The van der Waals surface area contributed by atoms with Crippen molar-refractivity contribution in [3.63, 3.8) is 0 Å². The standard InChI is InChI=1S/C27H36N2O7/c1-4-27(35)12-9-20-18-6-5-16-13-17(7-10-25(16,2)19(18)8-11-26(20,27)3)29-36-15-22(30)28-21(24(33)34)14-23(31)32/h1,13,18-21,35H,5-12,14-15H2,2-3H3,(H,28,30)(H,31,32)(H,33,34). The molecule has 1 amide bonds. The van der Waals surface area contributed by atoms with Crippen LogP contribution < -0.4 is 5.32 Å². The smallest absolute Gasteiger partial charge is 0.326 e. The van der Waals surface area contributed by atoms with E-state index in [0.29, 0.717) is 30.6 Å². The maximum absolute atomic E-state index is 12.0. The van der Waals surface area contributed by atoms with Crippen LogP contribution in [-0.2, 0) is 19.2 Å². The third-order valence-electron chi connectivity index (χ3n) is 9.76. The van der Waals surface area contributed by atoms with Gasteiger partial charge in [-0.1, -0.05) is 30.5 Å². The largest absolute Gasteiger partial charge is 0.481 e. The van der Waals surface area contributed by atoms with Crippen molar-refractivity contribution in [3.05, 3.63) is 11.6 Å². The van der Waals surface area contributed by atoms with Gasteiger partial charge in [0.05, 0.1) is 12.1 Å². The molecule has 3 saturated carbocycles. The van der Waals surface area contributed by atoms with Crippen LogP contribution in [0.4, 0.5) is 0 Å². The number of carbonyl (C=O) groups excluding carboxylic acids is 1. The molecular weight excluding hydrogens is 464 g/mol. The minimum Gasteiger partial charge on any atom is -0.481 e. The van der Waals surface area contributed by atoms with E-state index in [1.807, 2.05) is 0 Å². The molecule has 0 aromatic heterocycles. The molecule has 0 heterocycles. The van der Waals surface area contributed by atoms with E-state index in [1.54, 1.807) is 0 Å². The fourth-order valence-electron chi connectivity index (χ4n) is 7.68. The zero-order valence-corrected chi connectivity index (χ0v) is 21.0. The Morgan fingerprint density at radius 1 is 1.17 bits per heavy atom. The molecule has 4 aliphatic carbocycles. The highest BCUT2D eigenvalue weighted by Crippen LogP contribution is 2.67. The van der Waals surface area contributed by atoms with Gasteiger partial charge in [-0.25, -0.2) is 4.79 Å². The van der Waals surface area contributed by atoms with Gasteiger partial charge in [0.15, 0.2) is 6.61 Å². The molecule has 4 aliphatic rings. The van der Waals surface area contributed by atoms with Crippen molar-refractivity contribution >= 4 is 23.6 Å². The number of hydrogen-bond acceptors (Lipinski definition) is 6. The first-order chi connectivity index (χ1) is 16.9. The molecule has 0 spiro atoms. The van der Waals surface area contributed by atoms with E-state index in [-0.39, 0.29) is 10.8 Å². The first-order valence-electron chi connectivity index (χ1n) is 12.8. The summed E-state index contributed by atoms with van der Waals surface area (Å²) in [5.74, 6) is 0.754. The number of carboxylic acid groups (broad SMARTS) is 2. The molecule has 4 N–H and O–H groups in total. The Balaban J connectivity index is 1.40. The molecule has 196 valence electrons. The lowest BCUT2D eigenvalue weighted by atomic mass is 9.46. The van der Waals surface area contributed by atoms with Gasteiger partial charge in [-0.05, 0) is 80.6 Å². The molecule has 0 saturated heterocycles. The average Bonchev–Trinajstić information content (AvgIpc) is 3.09. The van der Waals surface area contributed by atoms with E-state index in [0.717, 1.165) is 44.2 Å². The minimum absolute atomic E-state index is 0.0586. The molecule has 4 rings (SSSR count). The number of carboxylic acids is 2. The first-order valence-corrected chi connectivity index (χ1v) is 12.8. The van der Waals surface area contributed by atoms with E-state index in [4.69, 9.17) is 21.5 Å². The van der Waals surface area contributed by atoms with Gasteiger partial charge < -0.3 is 25.5 Å². The summed E-state index contributed by atoms with van der Waals surface area (Å²) in [5.41, 5.74) is 0.928. The van der Waals surface area contributed by atoms with Crippen LogP contribution in [0.2, 0.25) is 0 Å². The molecule has 0 bridgehead atoms. The topological polar surface area (TPSA) is 146 Å². The number of nitrogens with one attached hydrogen (secondary N) is 1. The number of hydrogen-bond donors (Lipinski definition) is 4. The van der Waals surface area contributed by atoms with E-state index >= 15 is 0 Å². The van der Waals surface area contributed by atoms with Crippen LogP contribution >= 0.6 is 0 Å². The molecule has 36 heavy (non-hydrogen) atoms. The number of amides is 1. The van der Waals surface area contributed by atoms with Crippen LogP contribution in [0, 0.1) is 40.9 Å². The lowest BCUT2D eigenvalue weighted by Gasteiger charge is -2.58. The Morgan fingerprint density at radius 3 is 2.56 bits per heavy atom. The van der Waals surface area contributed by atoms with Crippen LogP contribution in [0.15, 0.2) is 16.8 Å². The molecule has 7 unspecified atom stereocenters. The Labute approximate surface area is 211 Å². The molecule has 3 fully saturated rings. The number of fused-ring (bicyclic) bond motifs is 5. The molecule has 0 aliphatic heterocycles. The average molecular weight is 501 g/mol. The number of allylic oxidation sites excluding steroid dienone is 2. The summed E-state index contributed by atoms with van der Waals surface area (Å²) in [6.07, 6.45) is 14.4. The van der Waals surface area contributed by atoms with Crippen molar-refractivity contribution in [2.75, 3.05) is 6.61 Å². The van der Waals surface area contributed by atoms with Gasteiger partial charge in [-0.3, -0.25) is 9.59 Å². The minimum atomic E-state index is -1.52. The van der Waals surface area contributed by atoms with Crippen molar-refractivity contribution in [1.82, 2.24) is 5.32 Å². The monoisotopic (exact) mass is 500 g/mol. The zero-order valence-electron chi connectivity index (χ0n) is 21.0. The number of aliphatic carboxylic acids is 2. The summed E-state index contributed by atoms with van der Waals surface area (Å²) in [6, 6.07) is -1.52. The summed E-state index contributed by atoms with van der Waals surface area (Å²) < 4.78 is 0. The second-order valence-electron chi connectivity index (χ2n) is 11.4. The third kappa shape index (κ3) is 4.40. The van der Waals surface area contributed by atoms with Crippen LogP contribution in [0.25, 0.3) is 0 Å². The molecule has 7 atom stereocenters. The van der Waals surface area contributed by atoms with E-state index in [2.05, 4.69) is 36.3 Å². The Kier molecular flexibility index (Phi) is 6.95. The highest BCUT2D eigenvalue weighted by atomic mass is 16.6. The zero-order chi connectivity index (χ0) is 26.3. The maximum Gasteiger partial charge on any atom is 0.326 e. The SMILES string of the molecule is C#CC1(O)CCC2C3CCC4=CC(=NOCC(=O)NC(CC(=O)O)C(=O)O)CCC4(C)C3CCC21C. The van der Waals surface area contributed by atoms with Gasteiger partial charge in [-0.15, -0.1) is 6.42 Å². The predicted molar refractivity (Wildman–Crippen MR) is 131 cm³/mol. The molecule has 9 nitrogen and oxygen atoms in total. The Bertz CT molecular complexity index is 1050. The lowest BCUT2D eigenvalue weighted by Crippen LogP contribution is -2.54. The summed E-state index contributed by atoms with van der Waals surface area (Å²) in [5, 5.41) is 35.2. The Morgan fingerprint density at radius 2 is 1.89 bits per heavy atom. The summed E-state index contributed by atoms with van der Waals surface area (Å²) in [4.78, 5) is 39.1. The van der Waals surface area contributed by atoms with Gasteiger partial charge in [0.25, 0.3) is 5.91 Å². The molecule has 9 heteroatoms. The number of oxime groups is 1. The summed E-state index contributed by atoms with van der Waals surface area (Å²) in [6.45, 7) is 4.05. The summed E-state index contributed by atoms with van der Waals surface area (Å²) >= 11 is 0. The van der Waals surface area contributed by atoms with Crippen molar-refractivity contribution in [2.24, 2.45) is 33.7 Å². The fraction of sp³-hybridized carbons (Fsp3) is 0.704. The van der Waals surface area contributed by atoms with Crippen LogP contribution in [0.1, 0.15) is 71.6 Å². The van der Waals surface area contributed by atoms with Crippen LogP contribution in [0.3, 0.4) is 0 Å². The number of carbonyl (C=O) groups is 3.